The van der Waals surface area contributed by atoms with Gasteiger partial charge < -0.3 is 14.8 Å². The molecule has 0 spiro atoms. The van der Waals surface area contributed by atoms with Gasteiger partial charge in [0, 0.05) is 13.7 Å². The van der Waals surface area contributed by atoms with Crippen molar-refractivity contribution in [2.45, 2.75) is 12.8 Å². The smallest absolute Gasteiger partial charge is 0.321 e. The molecule has 1 heterocycles. The molecule has 21 heavy (non-hydrogen) atoms. The van der Waals surface area contributed by atoms with E-state index in [1.807, 2.05) is 4.90 Å². The molecule has 0 aromatic rings. The molecule has 0 bridgehead atoms. The normalized spacial score (nSPS) is 16.3. The number of methoxy groups -OCH3 is 2. The number of hydrogen-bond donors (Lipinski definition) is 2. The minimum atomic E-state index is -0.526. The summed E-state index contributed by atoms with van der Waals surface area (Å²) in [4.78, 5) is 36.4. The highest BCUT2D eigenvalue weighted by molar-refractivity contribution is 5.95. The first-order valence-electron chi connectivity index (χ1n) is 6.93. The minimum absolute atomic E-state index is 0.0911. The van der Waals surface area contributed by atoms with Crippen LogP contribution in [0.25, 0.3) is 0 Å². The number of rotatable bonds is 6. The van der Waals surface area contributed by atoms with E-state index in [9.17, 15) is 14.4 Å². The van der Waals surface area contributed by atoms with Crippen LogP contribution in [0.2, 0.25) is 0 Å². The highest BCUT2D eigenvalue weighted by Gasteiger charge is 2.26. The molecule has 0 radical (unpaired) electrons. The van der Waals surface area contributed by atoms with Crippen LogP contribution in [-0.4, -0.2) is 69.8 Å². The topological polar surface area (TPSA) is 97.0 Å². The van der Waals surface area contributed by atoms with Gasteiger partial charge in [0.1, 0.15) is 0 Å². The van der Waals surface area contributed by atoms with Crippen LogP contribution in [0.4, 0.5) is 4.79 Å². The zero-order valence-electron chi connectivity index (χ0n) is 12.5. The Hall–Kier alpha value is -1.67. The van der Waals surface area contributed by atoms with Crippen LogP contribution in [0.5, 0.6) is 0 Å². The number of amides is 3. The van der Waals surface area contributed by atoms with Crippen molar-refractivity contribution < 1.29 is 23.9 Å². The minimum Gasteiger partial charge on any atom is -0.469 e. The molecule has 0 atom stereocenters. The largest absolute Gasteiger partial charge is 0.469 e. The predicted octanol–water partition coefficient (Wildman–Crippen LogP) is -0.656. The van der Waals surface area contributed by atoms with Crippen molar-refractivity contribution in [3.63, 3.8) is 0 Å². The highest BCUT2D eigenvalue weighted by Crippen LogP contribution is 2.17. The fraction of sp³-hybridized carbons (Fsp3) is 0.769. The molecular formula is C13H23N3O5. The Kier molecular flexibility index (Phi) is 7.70. The Morgan fingerprint density at radius 1 is 1.19 bits per heavy atom. The Bertz CT molecular complexity index is 367. The lowest BCUT2D eigenvalue weighted by Crippen LogP contribution is -2.47. The van der Waals surface area contributed by atoms with E-state index >= 15 is 0 Å². The highest BCUT2D eigenvalue weighted by atomic mass is 16.5. The zero-order chi connectivity index (χ0) is 15.7. The summed E-state index contributed by atoms with van der Waals surface area (Å²) in [7, 11) is 2.91. The molecule has 1 aliphatic rings. The van der Waals surface area contributed by atoms with Crippen LogP contribution >= 0.6 is 0 Å². The van der Waals surface area contributed by atoms with Gasteiger partial charge in [-0.3, -0.25) is 19.8 Å². The number of carbonyl (C=O) groups excluding carboxylic acids is 3. The molecule has 0 unspecified atom stereocenters. The van der Waals surface area contributed by atoms with Crippen molar-refractivity contribution in [2.75, 3.05) is 47.0 Å². The molecule has 8 nitrogen and oxygen atoms in total. The molecule has 1 saturated heterocycles. The number of piperidine rings is 1. The third-order valence-electron chi connectivity index (χ3n) is 3.33. The number of imide groups is 1. The number of carbonyl (C=O) groups is 3. The number of hydrogen-bond acceptors (Lipinski definition) is 6. The van der Waals surface area contributed by atoms with E-state index in [1.54, 1.807) is 0 Å². The van der Waals surface area contributed by atoms with Gasteiger partial charge in [-0.25, -0.2) is 4.79 Å². The van der Waals surface area contributed by atoms with Crippen molar-refractivity contribution in [3.05, 3.63) is 0 Å². The molecule has 0 saturated carbocycles. The second-order valence-electron chi connectivity index (χ2n) is 4.87. The van der Waals surface area contributed by atoms with Gasteiger partial charge in [-0.2, -0.15) is 0 Å². The summed E-state index contributed by atoms with van der Waals surface area (Å²) in [6.45, 7) is 2.16. The van der Waals surface area contributed by atoms with Gasteiger partial charge in [-0.05, 0) is 25.9 Å². The molecule has 2 N–H and O–H groups in total. The van der Waals surface area contributed by atoms with Crippen LogP contribution in [-0.2, 0) is 19.1 Å². The fourth-order valence-corrected chi connectivity index (χ4v) is 2.17. The van der Waals surface area contributed by atoms with Gasteiger partial charge >= 0.3 is 12.0 Å². The third kappa shape index (κ3) is 6.54. The number of urea groups is 1. The summed E-state index contributed by atoms with van der Waals surface area (Å²) in [5, 5.41) is 4.76. The summed E-state index contributed by atoms with van der Waals surface area (Å²) in [6, 6.07) is -0.526. The molecule has 0 aliphatic carbocycles. The molecule has 1 rings (SSSR count). The maximum Gasteiger partial charge on any atom is 0.321 e. The number of ether oxygens (including phenoxy) is 2. The molecule has 0 aromatic heterocycles. The summed E-state index contributed by atoms with van der Waals surface area (Å²) >= 11 is 0. The number of likely N-dealkylation sites (tertiary alicyclic amines) is 1. The standard InChI is InChI=1S/C13H23N3O5/c1-20-8-5-14-13(19)15-11(17)9-16-6-3-10(4-7-16)12(18)21-2/h10H,3-9H2,1-2H3,(H2,14,15,17,19). The van der Waals surface area contributed by atoms with Crippen molar-refractivity contribution >= 4 is 17.9 Å². The predicted molar refractivity (Wildman–Crippen MR) is 74.6 cm³/mol. The summed E-state index contributed by atoms with van der Waals surface area (Å²) in [5.41, 5.74) is 0. The van der Waals surface area contributed by atoms with Crippen molar-refractivity contribution in [1.82, 2.24) is 15.5 Å². The van der Waals surface area contributed by atoms with E-state index in [0.717, 1.165) is 0 Å². The van der Waals surface area contributed by atoms with Gasteiger partial charge in [0.05, 0.1) is 26.2 Å². The lowest BCUT2D eigenvalue weighted by molar-refractivity contribution is -0.147. The number of esters is 1. The number of nitrogens with zero attached hydrogens (tertiary/aromatic N) is 1. The summed E-state index contributed by atoms with van der Waals surface area (Å²) < 4.78 is 9.49. The van der Waals surface area contributed by atoms with E-state index in [-0.39, 0.29) is 24.3 Å². The first kappa shape index (κ1) is 17.4. The lowest BCUT2D eigenvalue weighted by atomic mass is 9.97. The summed E-state index contributed by atoms with van der Waals surface area (Å²) in [5.74, 6) is -0.648. The molecule has 8 heteroatoms. The second-order valence-corrected chi connectivity index (χ2v) is 4.87. The molecule has 120 valence electrons. The van der Waals surface area contributed by atoms with E-state index in [0.29, 0.717) is 39.1 Å². The maximum atomic E-state index is 11.7. The zero-order valence-corrected chi connectivity index (χ0v) is 12.5. The van der Waals surface area contributed by atoms with Gasteiger partial charge in [0.25, 0.3) is 0 Å². The monoisotopic (exact) mass is 301 g/mol. The third-order valence-corrected chi connectivity index (χ3v) is 3.33. The van der Waals surface area contributed by atoms with Crippen molar-refractivity contribution in [3.8, 4) is 0 Å². The van der Waals surface area contributed by atoms with Crippen LogP contribution < -0.4 is 10.6 Å². The average Bonchev–Trinajstić information content (AvgIpc) is 2.47. The molecule has 3 amide bonds. The van der Waals surface area contributed by atoms with Gasteiger partial charge in [0.2, 0.25) is 5.91 Å². The average molecular weight is 301 g/mol. The molecular weight excluding hydrogens is 278 g/mol. The van der Waals surface area contributed by atoms with Crippen LogP contribution in [0, 0.1) is 5.92 Å². The SMILES string of the molecule is COCCNC(=O)NC(=O)CN1CCC(C(=O)OC)CC1. The van der Waals surface area contributed by atoms with Crippen molar-refractivity contribution in [2.24, 2.45) is 5.92 Å². The van der Waals surface area contributed by atoms with E-state index in [1.165, 1.54) is 14.2 Å². The first-order chi connectivity index (χ1) is 10.1. The quantitative estimate of drug-likeness (QED) is 0.499. The van der Waals surface area contributed by atoms with Crippen LogP contribution in [0.1, 0.15) is 12.8 Å². The van der Waals surface area contributed by atoms with Gasteiger partial charge in [-0.1, -0.05) is 0 Å². The van der Waals surface area contributed by atoms with Crippen LogP contribution in [0.15, 0.2) is 0 Å². The molecule has 1 aliphatic heterocycles. The Balaban J connectivity index is 2.21. The molecule has 1 fully saturated rings. The van der Waals surface area contributed by atoms with E-state index in [4.69, 9.17) is 9.47 Å². The second kappa shape index (κ2) is 9.30. The lowest BCUT2D eigenvalue weighted by Gasteiger charge is -2.29. The Morgan fingerprint density at radius 2 is 1.86 bits per heavy atom. The van der Waals surface area contributed by atoms with Gasteiger partial charge in [0.15, 0.2) is 0 Å². The Labute approximate surface area is 124 Å². The number of nitrogens with one attached hydrogen (secondary N) is 2. The van der Waals surface area contributed by atoms with Gasteiger partial charge in [-0.15, -0.1) is 0 Å². The van der Waals surface area contributed by atoms with Crippen LogP contribution in [0.3, 0.4) is 0 Å². The fourth-order valence-electron chi connectivity index (χ4n) is 2.17. The van der Waals surface area contributed by atoms with E-state index < -0.39 is 6.03 Å². The maximum absolute atomic E-state index is 11.7. The first-order valence-corrected chi connectivity index (χ1v) is 6.93. The summed E-state index contributed by atoms with van der Waals surface area (Å²) in [6.07, 6.45) is 1.33. The molecule has 0 aromatic carbocycles. The Morgan fingerprint density at radius 3 is 2.43 bits per heavy atom. The van der Waals surface area contributed by atoms with E-state index in [2.05, 4.69) is 10.6 Å². The van der Waals surface area contributed by atoms with Crippen molar-refractivity contribution in [1.29, 1.82) is 0 Å².